The average molecular weight is 301 g/mol. The molecule has 2 aromatic heterocycles. The van der Waals surface area contributed by atoms with Crippen molar-refractivity contribution >= 4 is 16.3 Å². The molecule has 0 fully saturated rings. The molecule has 0 aliphatic carbocycles. The lowest BCUT2D eigenvalue weighted by Crippen LogP contribution is -2.41. The Labute approximate surface area is 127 Å². The van der Waals surface area contributed by atoms with Gasteiger partial charge in [0.1, 0.15) is 0 Å². The van der Waals surface area contributed by atoms with Crippen LogP contribution in [-0.2, 0) is 11.8 Å². The van der Waals surface area contributed by atoms with Crippen LogP contribution in [0.4, 0.5) is 0 Å². The molecule has 0 amide bonds. The molecule has 2 heterocycles. The van der Waals surface area contributed by atoms with Crippen LogP contribution in [0, 0.1) is 6.92 Å². The van der Waals surface area contributed by atoms with Crippen LogP contribution in [-0.4, -0.2) is 27.6 Å². The van der Waals surface area contributed by atoms with Crippen molar-refractivity contribution in [3.05, 3.63) is 58.9 Å². The number of nitrogens with zero attached hydrogens (tertiary/aromatic N) is 2. The van der Waals surface area contributed by atoms with Crippen LogP contribution in [0.5, 0.6) is 0 Å². The Kier molecular flexibility index (Phi) is 3.80. The van der Waals surface area contributed by atoms with E-state index < -0.39 is 5.41 Å². The van der Waals surface area contributed by atoms with Crippen molar-refractivity contribution < 1.29 is 5.11 Å². The second-order valence-corrected chi connectivity index (χ2v) is 6.39. The predicted octanol–water partition coefficient (Wildman–Crippen LogP) is 2.14. The molecule has 21 heavy (non-hydrogen) atoms. The van der Waals surface area contributed by atoms with Gasteiger partial charge >= 0.3 is 0 Å². The van der Waals surface area contributed by atoms with Crippen molar-refractivity contribution in [2.24, 2.45) is 5.73 Å². The van der Waals surface area contributed by atoms with Crippen molar-refractivity contribution in [2.45, 2.75) is 18.8 Å². The van der Waals surface area contributed by atoms with Gasteiger partial charge in [-0.15, -0.1) is 11.3 Å². The van der Waals surface area contributed by atoms with Gasteiger partial charge in [-0.05, 0) is 12.5 Å². The van der Waals surface area contributed by atoms with Crippen molar-refractivity contribution in [3.8, 4) is 0 Å². The Balaban J connectivity index is 1.98. The summed E-state index contributed by atoms with van der Waals surface area (Å²) in [5.74, 6) is 0. The first-order valence-electron chi connectivity index (χ1n) is 6.96. The summed E-state index contributed by atoms with van der Waals surface area (Å²) in [6, 6.07) is 8.20. The summed E-state index contributed by atoms with van der Waals surface area (Å²) < 4.78 is 2.01. The van der Waals surface area contributed by atoms with E-state index >= 15 is 0 Å². The van der Waals surface area contributed by atoms with E-state index in [-0.39, 0.29) is 6.61 Å². The number of aliphatic hydroxyl groups excluding tert-OH is 1. The molecular weight excluding hydrogens is 282 g/mol. The Hall–Kier alpha value is -1.69. The quantitative estimate of drug-likeness (QED) is 0.759. The molecule has 0 aliphatic rings. The Morgan fingerprint density at radius 1 is 1.43 bits per heavy atom. The third-order valence-corrected chi connectivity index (χ3v) is 4.76. The lowest BCUT2D eigenvalue weighted by atomic mass is 9.77. The van der Waals surface area contributed by atoms with Gasteiger partial charge in [-0.3, -0.25) is 4.40 Å². The SMILES string of the molecule is Cc1cccc(C(CN)(CO)Cc2cn3ccsc3n2)c1. The van der Waals surface area contributed by atoms with E-state index in [4.69, 9.17) is 5.73 Å². The fraction of sp³-hybridized carbons (Fsp3) is 0.312. The fourth-order valence-electron chi connectivity index (χ4n) is 2.69. The lowest BCUT2D eigenvalue weighted by molar-refractivity contribution is 0.195. The number of nitrogens with two attached hydrogens (primary N) is 1. The molecule has 4 nitrogen and oxygen atoms in total. The Morgan fingerprint density at radius 3 is 2.95 bits per heavy atom. The summed E-state index contributed by atoms with van der Waals surface area (Å²) in [7, 11) is 0. The molecule has 1 unspecified atom stereocenters. The second-order valence-electron chi connectivity index (χ2n) is 5.51. The zero-order chi connectivity index (χ0) is 14.9. The molecule has 0 aliphatic heterocycles. The van der Waals surface area contributed by atoms with E-state index in [0.717, 1.165) is 16.2 Å². The van der Waals surface area contributed by atoms with Gasteiger partial charge in [0.15, 0.2) is 4.96 Å². The molecule has 1 aromatic carbocycles. The number of aromatic nitrogens is 2. The zero-order valence-electron chi connectivity index (χ0n) is 12.0. The van der Waals surface area contributed by atoms with Gasteiger partial charge in [0, 0.05) is 36.2 Å². The van der Waals surface area contributed by atoms with Gasteiger partial charge in [-0.2, -0.15) is 0 Å². The number of fused-ring (bicyclic) bond motifs is 1. The van der Waals surface area contributed by atoms with Crippen LogP contribution in [0.1, 0.15) is 16.8 Å². The highest BCUT2D eigenvalue weighted by Gasteiger charge is 2.31. The molecule has 3 rings (SSSR count). The van der Waals surface area contributed by atoms with Crippen LogP contribution in [0.15, 0.2) is 42.0 Å². The second kappa shape index (κ2) is 5.60. The number of thiazole rings is 1. The summed E-state index contributed by atoms with van der Waals surface area (Å²) in [5.41, 5.74) is 8.75. The van der Waals surface area contributed by atoms with E-state index in [1.807, 2.05) is 34.3 Å². The van der Waals surface area contributed by atoms with E-state index in [1.165, 1.54) is 5.56 Å². The number of aryl methyl sites for hydroxylation is 1. The third-order valence-electron chi connectivity index (χ3n) is 3.99. The summed E-state index contributed by atoms with van der Waals surface area (Å²) >= 11 is 1.61. The van der Waals surface area contributed by atoms with Gasteiger partial charge in [0.25, 0.3) is 0 Å². The summed E-state index contributed by atoms with van der Waals surface area (Å²) in [6.07, 6.45) is 4.64. The number of benzene rings is 1. The largest absolute Gasteiger partial charge is 0.395 e. The Morgan fingerprint density at radius 2 is 2.29 bits per heavy atom. The molecular formula is C16H19N3OS. The topological polar surface area (TPSA) is 63.5 Å². The number of aliphatic hydroxyl groups is 1. The molecule has 0 saturated heterocycles. The van der Waals surface area contributed by atoms with E-state index in [2.05, 4.69) is 24.0 Å². The molecule has 0 saturated carbocycles. The minimum atomic E-state index is -0.476. The summed E-state index contributed by atoms with van der Waals surface area (Å²) in [5, 5.41) is 12.0. The minimum Gasteiger partial charge on any atom is -0.395 e. The van der Waals surface area contributed by atoms with Crippen molar-refractivity contribution in [3.63, 3.8) is 0 Å². The molecule has 110 valence electrons. The van der Waals surface area contributed by atoms with Gasteiger partial charge in [-0.25, -0.2) is 4.98 Å². The van der Waals surface area contributed by atoms with Crippen LogP contribution in [0.3, 0.4) is 0 Å². The molecule has 3 aromatic rings. The van der Waals surface area contributed by atoms with E-state index in [1.54, 1.807) is 11.3 Å². The molecule has 1 atom stereocenters. The maximum absolute atomic E-state index is 10.00. The predicted molar refractivity (Wildman–Crippen MR) is 85.8 cm³/mol. The molecule has 5 heteroatoms. The fourth-order valence-corrected chi connectivity index (χ4v) is 3.41. The maximum atomic E-state index is 10.00. The number of rotatable bonds is 5. The zero-order valence-corrected chi connectivity index (χ0v) is 12.8. The van der Waals surface area contributed by atoms with Gasteiger partial charge < -0.3 is 10.8 Å². The van der Waals surface area contributed by atoms with Gasteiger partial charge in [0.05, 0.1) is 12.3 Å². The highest BCUT2D eigenvalue weighted by Crippen LogP contribution is 2.28. The first kappa shape index (κ1) is 14.3. The first-order valence-corrected chi connectivity index (χ1v) is 7.84. The third kappa shape index (κ3) is 2.60. The normalized spacial score (nSPS) is 14.4. The number of hydrogen-bond donors (Lipinski definition) is 2. The lowest BCUT2D eigenvalue weighted by Gasteiger charge is -2.30. The van der Waals surface area contributed by atoms with E-state index in [0.29, 0.717) is 13.0 Å². The van der Waals surface area contributed by atoms with Crippen molar-refractivity contribution in [1.82, 2.24) is 9.38 Å². The van der Waals surface area contributed by atoms with E-state index in [9.17, 15) is 5.11 Å². The summed E-state index contributed by atoms with van der Waals surface area (Å²) in [6.45, 7) is 2.45. The highest BCUT2D eigenvalue weighted by molar-refractivity contribution is 7.15. The average Bonchev–Trinajstić information content (AvgIpc) is 3.06. The minimum absolute atomic E-state index is 0.0120. The molecule has 0 bridgehead atoms. The van der Waals surface area contributed by atoms with Gasteiger partial charge in [0.2, 0.25) is 0 Å². The number of hydrogen-bond acceptors (Lipinski definition) is 4. The summed E-state index contributed by atoms with van der Waals surface area (Å²) in [4.78, 5) is 5.59. The highest BCUT2D eigenvalue weighted by atomic mass is 32.1. The van der Waals surface area contributed by atoms with Crippen molar-refractivity contribution in [2.75, 3.05) is 13.2 Å². The molecule has 0 radical (unpaired) electrons. The number of imidazole rings is 1. The molecule has 3 N–H and O–H groups in total. The maximum Gasteiger partial charge on any atom is 0.193 e. The van der Waals surface area contributed by atoms with Crippen LogP contribution >= 0.6 is 11.3 Å². The van der Waals surface area contributed by atoms with Gasteiger partial charge in [-0.1, -0.05) is 29.8 Å². The standard InChI is InChI=1S/C16H19N3OS/c1-12-3-2-4-13(7-12)16(10-17,11-20)8-14-9-19-5-6-21-15(19)18-14/h2-7,9,20H,8,10-11,17H2,1H3. The monoisotopic (exact) mass is 301 g/mol. The van der Waals surface area contributed by atoms with Crippen LogP contribution < -0.4 is 5.73 Å². The smallest absolute Gasteiger partial charge is 0.193 e. The van der Waals surface area contributed by atoms with Crippen molar-refractivity contribution in [1.29, 1.82) is 0 Å². The Bertz CT molecular complexity index is 714. The van der Waals surface area contributed by atoms with Crippen LogP contribution in [0.25, 0.3) is 4.96 Å². The van der Waals surface area contributed by atoms with Crippen LogP contribution in [0.2, 0.25) is 0 Å². The first-order chi connectivity index (χ1) is 10.2. The molecule has 0 spiro atoms.